The van der Waals surface area contributed by atoms with Crippen LogP contribution in [0.1, 0.15) is 50.8 Å². The molecule has 32 heavy (non-hydrogen) atoms. The number of aryl methyl sites for hydroxylation is 1. The first-order chi connectivity index (χ1) is 15.4. The number of esters is 1. The highest BCUT2D eigenvalue weighted by Crippen LogP contribution is 2.39. The lowest BCUT2D eigenvalue weighted by Crippen LogP contribution is -2.30. The summed E-state index contributed by atoms with van der Waals surface area (Å²) in [4.78, 5) is 29.5. The number of halogens is 1. The van der Waals surface area contributed by atoms with Gasteiger partial charge in [0.25, 0.3) is 5.91 Å². The molecule has 1 amide bonds. The maximum absolute atomic E-state index is 13.4. The van der Waals surface area contributed by atoms with Gasteiger partial charge in [0.15, 0.2) is 0 Å². The number of nitrogens with zero attached hydrogens (tertiary/aromatic N) is 2. The number of rotatable bonds is 6. The third-order valence-corrected chi connectivity index (χ3v) is 6.97. The molecule has 3 heterocycles. The van der Waals surface area contributed by atoms with E-state index in [1.54, 1.807) is 32.0 Å². The molecule has 1 aliphatic heterocycles. The minimum Gasteiger partial charge on any atom is -0.462 e. The van der Waals surface area contributed by atoms with Crippen LogP contribution in [0.3, 0.4) is 0 Å². The Kier molecular flexibility index (Phi) is 6.64. The third-order valence-electron chi connectivity index (χ3n) is 5.51. The monoisotopic (exact) mass is 473 g/mol. The molecule has 0 atom stereocenters. The van der Waals surface area contributed by atoms with Crippen molar-refractivity contribution in [2.45, 2.75) is 33.7 Å². The minimum atomic E-state index is -0.418. The number of thiophene rings is 1. The van der Waals surface area contributed by atoms with Crippen LogP contribution in [0.2, 0.25) is 5.02 Å². The quantitative estimate of drug-likeness (QED) is 0.497. The molecule has 1 aromatic carbocycles. The standard InChI is InChI=1S/C23H24ClN3O4S/c1-4-27-11-10-15-17(12-27)32-22(19(15)23(29)30-5-2)25-21(28)18-13(3)31-26-20(18)14-8-6-7-9-16(14)24/h6-9H,4-5,10-12H2,1-3H3,(H,25,28). The lowest BCUT2D eigenvalue weighted by molar-refractivity contribution is 0.0526. The summed E-state index contributed by atoms with van der Waals surface area (Å²) in [6, 6.07) is 7.14. The molecule has 2 aromatic heterocycles. The average Bonchev–Trinajstić information content (AvgIpc) is 3.33. The summed E-state index contributed by atoms with van der Waals surface area (Å²) in [6.45, 7) is 8.35. The first-order valence-corrected chi connectivity index (χ1v) is 11.7. The normalized spacial score (nSPS) is 13.6. The molecule has 0 radical (unpaired) electrons. The summed E-state index contributed by atoms with van der Waals surface area (Å²) in [5, 5.41) is 7.95. The molecular weight excluding hydrogens is 450 g/mol. The van der Waals surface area contributed by atoms with E-state index >= 15 is 0 Å². The summed E-state index contributed by atoms with van der Waals surface area (Å²) in [5.41, 5.74) is 2.66. The van der Waals surface area contributed by atoms with Crippen molar-refractivity contribution in [2.24, 2.45) is 0 Å². The van der Waals surface area contributed by atoms with E-state index in [0.717, 1.165) is 36.5 Å². The number of likely N-dealkylation sites (N-methyl/N-ethyl adjacent to an activating group) is 1. The Morgan fingerprint density at radius 2 is 2.06 bits per heavy atom. The van der Waals surface area contributed by atoms with Crippen molar-refractivity contribution in [3.8, 4) is 11.3 Å². The molecule has 0 saturated heterocycles. The van der Waals surface area contributed by atoms with Crippen LogP contribution in [-0.2, 0) is 17.7 Å². The van der Waals surface area contributed by atoms with Gasteiger partial charge in [-0.05, 0) is 38.4 Å². The van der Waals surface area contributed by atoms with Gasteiger partial charge in [-0.1, -0.05) is 41.9 Å². The van der Waals surface area contributed by atoms with E-state index < -0.39 is 11.9 Å². The number of carbonyl (C=O) groups is 2. The first kappa shape index (κ1) is 22.5. The van der Waals surface area contributed by atoms with Gasteiger partial charge in [-0.3, -0.25) is 9.69 Å². The Morgan fingerprint density at radius 3 is 2.78 bits per heavy atom. The van der Waals surface area contributed by atoms with Crippen molar-refractivity contribution < 1.29 is 18.8 Å². The second kappa shape index (κ2) is 9.44. The fraction of sp³-hybridized carbons (Fsp3) is 0.348. The fourth-order valence-corrected chi connectivity index (χ4v) is 5.37. The average molecular weight is 474 g/mol. The maximum atomic E-state index is 13.4. The van der Waals surface area contributed by atoms with Gasteiger partial charge < -0.3 is 14.6 Å². The van der Waals surface area contributed by atoms with Gasteiger partial charge >= 0.3 is 5.97 Å². The Labute approximate surface area is 195 Å². The van der Waals surface area contributed by atoms with Crippen LogP contribution in [0, 0.1) is 6.92 Å². The molecule has 0 saturated carbocycles. The van der Waals surface area contributed by atoms with Crippen molar-refractivity contribution in [1.82, 2.24) is 10.1 Å². The molecule has 0 bridgehead atoms. The van der Waals surface area contributed by atoms with Crippen LogP contribution in [0.15, 0.2) is 28.8 Å². The van der Waals surface area contributed by atoms with Crippen LogP contribution in [0.5, 0.6) is 0 Å². The van der Waals surface area contributed by atoms with E-state index in [9.17, 15) is 9.59 Å². The highest BCUT2D eigenvalue weighted by Gasteiger charge is 2.31. The summed E-state index contributed by atoms with van der Waals surface area (Å²) >= 11 is 7.75. The highest BCUT2D eigenvalue weighted by molar-refractivity contribution is 7.17. The van der Waals surface area contributed by atoms with Crippen LogP contribution in [0.4, 0.5) is 5.00 Å². The lowest BCUT2D eigenvalue weighted by atomic mass is 10.0. The summed E-state index contributed by atoms with van der Waals surface area (Å²) < 4.78 is 10.6. The summed E-state index contributed by atoms with van der Waals surface area (Å²) in [5.74, 6) is -0.456. The predicted octanol–water partition coefficient (Wildman–Crippen LogP) is 5.17. The minimum absolute atomic E-state index is 0.263. The largest absolute Gasteiger partial charge is 0.462 e. The van der Waals surface area contributed by atoms with E-state index in [1.807, 2.05) is 6.07 Å². The zero-order valence-electron chi connectivity index (χ0n) is 18.2. The maximum Gasteiger partial charge on any atom is 0.341 e. The van der Waals surface area contributed by atoms with Crippen molar-refractivity contribution in [3.63, 3.8) is 0 Å². The number of anilines is 1. The Balaban J connectivity index is 1.72. The molecule has 9 heteroatoms. The van der Waals surface area contributed by atoms with Gasteiger partial charge in [-0.2, -0.15) is 0 Å². The van der Waals surface area contributed by atoms with E-state index in [4.69, 9.17) is 20.9 Å². The number of aromatic nitrogens is 1. The Hall–Kier alpha value is -2.68. The number of ether oxygens (including phenoxy) is 1. The SMILES string of the molecule is CCOC(=O)c1c(NC(=O)c2c(-c3ccccc3Cl)noc2C)sc2c1CCN(CC)C2. The molecule has 0 fully saturated rings. The third kappa shape index (κ3) is 4.18. The lowest BCUT2D eigenvalue weighted by Gasteiger charge is -2.25. The zero-order valence-corrected chi connectivity index (χ0v) is 19.7. The molecule has 0 aliphatic carbocycles. The van der Waals surface area contributed by atoms with Crippen molar-refractivity contribution in [1.29, 1.82) is 0 Å². The number of hydrogen-bond acceptors (Lipinski definition) is 7. The molecule has 4 rings (SSSR count). The van der Waals surface area contributed by atoms with Crippen molar-refractivity contribution in [2.75, 3.05) is 25.0 Å². The number of benzene rings is 1. The number of carbonyl (C=O) groups excluding carboxylic acids is 2. The molecule has 1 N–H and O–H groups in total. The van der Waals surface area contributed by atoms with E-state index in [2.05, 4.69) is 22.3 Å². The van der Waals surface area contributed by atoms with Gasteiger partial charge in [0.1, 0.15) is 22.0 Å². The highest BCUT2D eigenvalue weighted by atomic mass is 35.5. The number of amides is 1. The first-order valence-electron chi connectivity index (χ1n) is 10.5. The van der Waals surface area contributed by atoms with Gasteiger partial charge in [-0.15, -0.1) is 11.3 Å². The Morgan fingerprint density at radius 1 is 1.28 bits per heavy atom. The van der Waals surface area contributed by atoms with Gasteiger partial charge in [-0.25, -0.2) is 4.79 Å². The predicted molar refractivity (Wildman–Crippen MR) is 125 cm³/mol. The second-order valence-electron chi connectivity index (χ2n) is 7.44. The van der Waals surface area contributed by atoms with E-state index in [0.29, 0.717) is 32.6 Å². The molecule has 168 valence electrons. The number of nitrogens with one attached hydrogen (secondary N) is 1. The van der Waals surface area contributed by atoms with Gasteiger partial charge in [0.05, 0.1) is 17.2 Å². The second-order valence-corrected chi connectivity index (χ2v) is 8.96. The van der Waals surface area contributed by atoms with Crippen LogP contribution < -0.4 is 5.32 Å². The molecule has 7 nitrogen and oxygen atoms in total. The van der Waals surface area contributed by atoms with Crippen molar-refractivity contribution in [3.05, 3.63) is 56.6 Å². The Bertz CT molecular complexity index is 1170. The van der Waals surface area contributed by atoms with Crippen LogP contribution in [0.25, 0.3) is 11.3 Å². The van der Waals surface area contributed by atoms with Crippen LogP contribution >= 0.6 is 22.9 Å². The molecular formula is C23H24ClN3O4S. The fourth-order valence-electron chi connectivity index (χ4n) is 3.88. The molecule has 0 spiro atoms. The molecule has 1 aliphatic rings. The van der Waals surface area contributed by atoms with Crippen molar-refractivity contribution >= 4 is 39.8 Å². The van der Waals surface area contributed by atoms with E-state index in [-0.39, 0.29) is 12.2 Å². The van der Waals surface area contributed by atoms with E-state index in [1.165, 1.54) is 11.3 Å². The molecule has 0 unspecified atom stereocenters. The van der Waals surface area contributed by atoms with Crippen LogP contribution in [-0.4, -0.2) is 41.6 Å². The summed E-state index contributed by atoms with van der Waals surface area (Å²) in [7, 11) is 0. The number of fused-ring (bicyclic) bond motifs is 1. The van der Waals surface area contributed by atoms with Gasteiger partial charge in [0, 0.05) is 23.5 Å². The van der Waals surface area contributed by atoms with Gasteiger partial charge in [0.2, 0.25) is 0 Å². The zero-order chi connectivity index (χ0) is 22.8. The smallest absolute Gasteiger partial charge is 0.341 e. The molecule has 3 aromatic rings. The topological polar surface area (TPSA) is 84.7 Å². The number of hydrogen-bond donors (Lipinski definition) is 1. The summed E-state index contributed by atoms with van der Waals surface area (Å²) in [6.07, 6.45) is 0.737.